The van der Waals surface area contributed by atoms with E-state index >= 15 is 0 Å². The summed E-state index contributed by atoms with van der Waals surface area (Å²) < 4.78 is 53.6. The summed E-state index contributed by atoms with van der Waals surface area (Å²) >= 11 is 0. The van der Waals surface area contributed by atoms with E-state index in [4.69, 9.17) is 5.26 Å². The lowest BCUT2D eigenvalue weighted by Gasteiger charge is -2.10. The number of alkyl halides is 3. The molecule has 20 heavy (non-hydrogen) atoms. The van der Waals surface area contributed by atoms with E-state index in [0.29, 0.717) is 5.56 Å². The first-order valence-electron chi connectivity index (χ1n) is 5.45. The van der Waals surface area contributed by atoms with Gasteiger partial charge in [-0.1, -0.05) is 24.3 Å². The van der Waals surface area contributed by atoms with Crippen LogP contribution in [0.4, 0.5) is 17.6 Å². The molecular formula is C14H7F4NO. The van der Waals surface area contributed by atoms with Crippen LogP contribution in [-0.4, -0.2) is 6.36 Å². The quantitative estimate of drug-likeness (QED) is 0.770. The minimum absolute atomic E-state index is 0.127. The smallest absolute Gasteiger partial charge is 0.406 e. The van der Waals surface area contributed by atoms with Crippen molar-refractivity contribution in [2.75, 3.05) is 0 Å². The molecule has 6 heteroatoms. The predicted octanol–water partition coefficient (Wildman–Crippen LogP) is 4.26. The largest absolute Gasteiger partial charge is 0.573 e. The van der Waals surface area contributed by atoms with Crippen LogP contribution in [0.15, 0.2) is 42.5 Å². The lowest BCUT2D eigenvalue weighted by atomic mass is 10.0. The molecule has 0 saturated carbocycles. The Bertz CT molecular complexity index is 656. The lowest BCUT2D eigenvalue weighted by Crippen LogP contribution is -2.16. The Balaban J connectivity index is 2.34. The highest BCUT2D eigenvalue weighted by molar-refractivity contribution is 5.66. The summed E-state index contributed by atoms with van der Waals surface area (Å²) in [7, 11) is 0. The Morgan fingerprint density at radius 1 is 1.00 bits per heavy atom. The summed E-state index contributed by atoms with van der Waals surface area (Å²) in [6.45, 7) is 0. The molecule has 0 fully saturated rings. The average Bonchev–Trinajstić information content (AvgIpc) is 2.38. The van der Waals surface area contributed by atoms with Crippen molar-refractivity contribution < 1.29 is 22.3 Å². The first-order chi connectivity index (χ1) is 9.40. The minimum Gasteiger partial charge on any atom is -0.406 e. The van der Waals surface area contributed by atoms with E-state index in [9.17, 15) is 17.6 Å². The van der Waals surface area contributed by atoms with Crippen molar-refractivity contribution in [3.8, 4) is 22.9 Å². The van der Waals surface area contributed by atoms with Crippen molar-refractivity contribution in [3.63, 3.8) is 0 Å². The van der Waals surface area contributed by atoms with Crippen LogP contribution in [-0.2, 0) is 0 Å². The van der Waals surface area contributed by atoms with Crippen LogP contribution in [0, 0.1) is 17.1 Å². The van der Waals surface area contributed by atoms with Gasteiger partial charge in [-0.2, -0.15) is 5.26 Å². The normalized spacial score (nSPS) is 10.9. The van der Waals surface area contributed by atoms with Crippen LogP contribution < -0.4 is 4.74 Å². The number of nitriles is 1. The molecule has 0 saturated heterocycles. The SMILES string of the molecule is N#Cc1cccc(-c2ccc(OC(F)(F)F)cc2)c1F. The van der Waals surface area contributed by atoms with Crippen LogP contribution in [0.5, 0.6) is 5.75 Å². The van der Waals surface area contributed by atoms with E-state index < -0.39 is 17.9 Å². The van der Waals surface area contributed by atoms with E-state index in [2.05, 4.69) is 4.74 Å². The fourth-order valence-electron chi connectivity index (χ4n) is 1.68. The summed E-state index contributed by atoms with van der Waals surface area (Å²) in [5.41, 5.74) is 0.370. The van der Waals surface area contributed by atoms with Gasteiger partial charge in [-0.05, 0) is 23.8 Å². The highest BCUT2D eigenvalue weighted by Gasteiger charge is 2.31. The van der Waals surface area contributed by atoms with Gasteiger partial charge in [-0.15, -0.1) is 13.2 Å². The van der Waals surface area contributed by atoms with Crippen molar-refractivity contribution in [3.05, 3.63) is 53.8 Å². The molecule has 2 aromatic rings. The fraction of sp³-hybridized carbons (Fsp3) is 0.0714. The van der Waals surface area contributed by atoms with Gasteiger partial charge < -0.3 is 4.74 Å². The summed E-state index contributed by atoms with van der Waals surface area (Å²) in [6, 6.07) is 10.7. The van der Waals surface area contributed by atoms with Gasteiger partial charge in [-0.3, -0.25) is 0 Å². The van der Waals surface area contributed by atoms with Gasteiger partial charge in [0, 0.05) is 5.56 Å². The number of hydrogen-bond acceptors (Lipinski definition) is 2. The Hall–Kier alpha value is -2.55. The molecule has 0 N–H and O–H groups in total. The van der Waals surface area contributed by atoms with Crippen LogP contribution in [0.3, 0.4) is 0 Å². The molecule has 0 bridgehead atoms. The van der Waals surface area contributed by atoms with Gasteiger partial charge in [0.2, 0.25) is 0 Å². The molecule has 0 aromatic heterocycles. The Labute approximate surface area is 111 Å². The topological polar surface area (TPSA) is 33.0 Å². The monoisotopic (exact) mass is 281 g/mol. The van der Waals surface area contributed by atoms with E-state index in [1.165, 1.54) is 30.3 Å². The van der Waals surface area contributed by atoms with Gasteiger partial charge in [0.1, 0.15) is 17.6 Å². The summed E-state index contributed by atoms with van der Waals surface area (Å²) in [4.78, 5) is 0. The number of halogens is 4. The third-order valence-electron chi connectivity index (χ3n) is 2.52. The van der Waals surface area contributed by atoms with Gasteiger partial charge in [0.15, 0.2) is 0 Å². The van der Waals surface area contributed by atoms with Crippen LogP contribution in [0.25, 0.3) is 11.1 Å². The molecule has 2 rings (SSSR count). The number of rotatable bonds is 2. The fourth-order valence-corrected chi connectivity index (χ4v) is 1.68. The van der Waals surface area contributed by atoms with Gasteiger partial charge in [0.25, 0.3) is 0 Å². The van der Waals surface area contributed by atoms with Gasteiger partial charge in [-0.25, -0.2) is 4.39 Å². The lowest BCUT2D eigenvalue weighted by molar-refractivity contribution is -0.274. The molecule has 0 spiro atoms. The van der Waals surface area contributed by atoms with E-state index in [1.54, 1.807) is 6.07 Å². The van der Waals surface area contributed by atoms with Crippen molar-refractivity contribution in [2.24, 2.45) is 0 Å². The Morgan fingerprint density at radius 3 is 2.20 bits per heavy atom. The van der Waals surface area contributed by atoms with Crippen molar-refractivity contribution in [1.29, 1.82) is 5.26 Å². The second kappa shape index (κ2) is 5.21. The highest BCUT2D eigenvalue weighted by Crippen LogP contribution is 2.28. The molecule has 0 unspecified atom stereocenters. The molecule has 102 valence electrons. The maximum absolute atomic E-state index is 13.9. The molecule has 0 radical (unpaired) electrons. The maximum atomic E-state index is 13.9. The summed E-state index contributed by atoms with van der Waals surface area (Å²) in [5, 5.41) is 8.73. The summed E-state index contributed by atoms with van der Waals surface area (Å²) in [5.74, 6) is -1.10. The van der Waals surface area contributed by atoms with Gasteiger partial charge in [0.05, 0.1) is 5.56 Å². The Kier molecular flexibility index (Phi) is 3.61. The Morgan fingerprint density at radius 2 is 1.65 bits per heavy atom. The van der Waals surface area contributed by atoms with Crippen molar-refractivity contribution >= 4 is 0 Å². The molecule has 0 heterocycles. The first-order valence-corrected chi connectivity index (χ1v) is 5.45. The second-order valence-electron chi connectivity index (χ2n) is 3.85. The molecule has 0 aliphatic carbocycles. The standard InChI is InChI=1S/C14H7F4NO/c15-13-10(8-19)2-1-3-12(13)9-4-6-11(7-5-9)20-14(16,17)18/h1-7H. The first kappa shape index (κ1) is 13.9. The molecule has 0 aliphatic rings. The zero-order chi connectivity index (χ0) is 14.8. The summed E-state index contributed by atoms with van der Waals surface area (Å²) in [6.07, 6.45) is -4.77. The molecule has 0 amide bonds. The predicted molar refractivity (Wildman–Crippen MR) is 63.2 cm³/mol. The maximum Gasteiger partial charge on any atom is 0.573 e. The van der Waals surface area contributed by atoms with E-state index in [0.717, 1.165) is 12.1 Å². The zero-order valence-electron chi connectivity index (χ0n) is 9.91. The molecule has 2 aromatic carbocycles. The molecule has 0 aliphatic heterocycles. The minimum atomic E-state index is -4.77. The molecule has 0 atom stereocenters. The van der Waals surface area contributed by atoms with Crippen molar-refractivity contribution in [2.45, 2.75) is 6.36 Å². The van der Waals surface area contributed by atoms with Crippen LogP contribution in [0.2, 0.25) is 0 Å². The van der Waals surface area contributed by atoms with E-state index in [-0.39, 0.29) is 11.1 Å². The number of benzene rings is 2. The number of ether oxygens (including phenoxy) is 1. The third kappa shape index (κ3) is 3.06. The van der Waals surface area contributed by atoms with Gasteiger partial charge >= 0.3 is 6.36 Å². The van der Waals surface area contributed by atoms with Crippen LogP contribution in [0.1, 0.15) is 5.56 Å². The van der Waals surface area contributed by atoms with Crippen molar-refractivity contribution in [1.82, 2.24) is 0 Å². The molecular weight excluding hydrogens is 274 g/mol. The zero-order valence-corrected chi connectivity index (χ0v) is 9.91. The van der Waals surface area contributed by atoms with E-state index in [1.807, 2.05) is 0 Å². The second-order valence-corrected chi connectivity index (χ2v) is 3.85. The average molecular weight is 281 g/mol. The number of hydrogen-bond donors (Lipinski definition) is 0. The highest BCUT2D eigenvalue weighted by atomic mass is 19.4. The van der Waals surface area contributed by atoms with Crippen LogP contribution >= 0.6 is 0 Å². The third-order valence-corrected chi connectivity index (χ3v) is 2.52. The number of nitrogens with zero attached hydrogens (tertiary/aromatic N) is 1. The molecule has 2 nitrogen and oxygen atoms in total.